The van der Waals surface area contributed by atoms with E-state index in [1.807, 2.05) is 0 Å². The van der Waals surface area contributed by atoms with Crippen molar-refractivity contribution in [2.24, 2.45) is 0 Å². The van der Waals surface area contributed by atoms with E-state index in [0.29, 0.717) is 5.56 Å². The van der Waals surface area contributed by atoms with Crippen LogP contribution in [0.3, 0.4) is 0 Å². The number of benzene rings is 1. The van der Waals surface area contributed by atoms with Gasteiger partial charge in [-0.3, -0.25) is 4.79 Å². The van der Waals surface area contributed by atoms with Gasteiger partial charge in [-0.05, 0) is 24.1 Å². The molecule has 19 heavy (non-hydrogen) atoms. The fraction of sp³-hybridized carbons (Fsp3) is 0.333. The van der Waals surface area contributed by atoms with E-state index in [1.54, 1.807) is 0 Å². The van der Waals surface area contributed by atoms with E-state index in [2.05, 4.69) is 5.32 Å². The number of hydrogen-bond acceptors (Lipinski definition) is 2. The number of rotatable bonds is 2. The number of hydrogen-bond donors (Lipinski definition) is 2. The average molecular weight is 273 g/mol. The highest BCUT2D eigenvalue weighted by Gasteiger charge is 2.37. The summed E-state index contributed by atoms with van der Waals surface area (Å²) in [6.07, 6.45) is -4.39. The maximum absolute atomic E-state index is 12.4. The minimum absolute atomic E-state index is 0.0412. The van der Waals surface area contributed by atoms with Crippen LogP contribution in [0.15, 0.2) is 24.3 Å². The molecule has 0 radical (unpaired) electrons. The van der Waals surface area contributed by atoms with E-state index < -0.39 is 35.6 Å². The zero-order chi connectivity index (χ0) is 14.2. The summed E-state index contributed by atoms with van der Waals surface area (Å²) in [5, 5.41) is 11.1. The standard InChI is InChI=1S/C12H10F3NO3/c13-12(14,15)7-3-1-6(2-4-7)8-5-9(11(18)19)16-10(8)17/h1-4,8-9H,5H2,(H,16,17)(H,18,19). The molecule has 0 aromatic heterocycles. The van der Waals surface area contributed by atoms with E-state index in [0.717, 1.165) is 12.1 Å². The lowest BCUT2D eigenvalue weighted by molar-refractivity contribution is -0.140. The monoisotopic (exact) mass is 273 g/mol. The molecule has 102 valence electrons. The minimum Gasteiger partial charge on any atom is -0.480 e. The highest BCUT2D eigenvalue weighted by Crippen LogP contribution is 2.32. The Hall–Kier alpha value is -2.05. The third kappa shape index (κ3) is 2.69. The van der Waals surface area contributed by atoms with Crippen LogP contribution in [0.5, 0.6) is 0 Å². The Kier molecular flexibility index (Phi) is 3.21. The molecule has 2 N–H and O–H groups in total. The molecule has 2 rings (SSSR count). The van der Waals surface area contributed by atoms with E-state index in [1.165, 1.54) is 12.1 Å². The lowest BCUT2D eigenvalue weighted by atomic mass is 9.95. The Morgan fingerprint density at radius 3 is 2.26 bits per heavy atom. The van der Waals surface area contributed by atoms with Crippen LogP contribution < -0.4 is 5.32 Å². The largest absolute Gasteiger partial charge is 0.480 e. The van der Waals surface area contributed by atoms with E-state index in [4.69, 9.17) is 5.11 Å². The maximum atomic E-state index is 12.4. The summed E-state index contributed by atoms with van der Waals surface area (Å²) >= 11 is 0. The van der Waals surface area contributed by atoms with Gasteiger partial charge < -0.3 is 10.4 Å². The summed E-state index contributed by atoms with van der Waals surface area (Å²) in [6.45, 7) is 0. The van der Waals surface area contributed by atoms with Crippen LogP contribution >= 0.6 is 0 Å². The van der Waals surface area contributed by atoms with Gasteiger partial charge >= 0.3 is 12.1 Å². The number of carbonyl (C=O) groups is 2. The zero-order valence-electron chi connectivity index (χ0n) is 9.57. The molecule has 0 bridgehead atoms. The summed E-state index contributed by atoms with van der Waals surface area (Å²) in [7, 11) is 0. The molecular weight excluding hydrogens is 263 g/mol. The average Bonchev–Trinajstić information content (AvgIpc) is 2.70. The zero-order valence-corrected chi connectivity index (χ0v) is 9.57. The number of amides is 1. The molecule has 1 aromatic rings. The Morgan fingerprint density at radius 1 is 1.26 bits per heavy atom. The van der Waals surface area contributed by atoms with Gasteiger partial charge in [0.1, 0.15) is 6.04 Å². The molecule has 0 saturated carbocycles. The molecule has 1 aliphatic rings. The van der Waals surface area contributed by atoms with E-state index in [-0.39, 0.29) is 6.42 Å². The van der Waals surface area contributed by atoms with Crippen LogP contribution in [-0.4, -0.2) is 23.0 Å². The van der Waals surface area contributed by atoms with Crippen molar-refractivity contribution in [2.75, 3.05) is 0 Å². The topological polar surface area (TPSA) is 66.4 Å². The smallest absolute Gasteiger partial charge is 0.416 e. The molecule has 0 aliphatic carbocycles. The minimum atomic E-state index is -4.43. The molecule has 1 aromatic carbocycles. The highest BCUT2D eigenvalue weighted by molar-refractivity contribution is 5.92. The van der Waals surface area contributed by atoms with Gasteiger partial charge in [0.15, 0.2) is 0 Å². The lowest BCUT2D eigenvalue weighted by Gasteiger charge is -2.10. The van der Waals surface area contributed by atoms with Gasteiger partial charge in [-0.25, -0.2) is 4.79 Å². The van der Waals surface area contributed by atoms with Crippen molar-refractivity contribution in [3.63, 3.8) is 0 Å². The Balaban J connectivity index is 2.19. The molecular formula is C12H10F3NO3. The van der Waals surface area contributed by atoms with Gasteiger partial charge in [0.2, 0.25) is 5.91 Å². The van der Waals surface area contributed by atoms with Crippen molar-refractivity contribution in [1.82, 2.24) is 5.32 Å². The molecule has 7 heteroatoms. The normalized spacial score (nSPS) is 23.2. The van der Waals surface area contributed by atoms with E-state index >= 15 is 0 Å². The molecule has 1 fully saturated rings. The van der Waals surface area contributed by atoms with Crippen LogP contribution in [0.2, 0.25) is 0 Å². The first-order valence-corrected chi connectivity index (χ1v) is 5.49. The number of alkyl halides is 3. The number of carboxylic acid groups (broad SMARTS) is 1. The number of nitrogens with one attached hydrogen (secondary N) is 1. The summed E-state index contributed by atoms with van der Waals surface area (Å²) in [6, 6.07) is 3.20. The van der Waals surface area contributed by atoms with Crippen molar-refractivity contribution in [2.45, 2.75) is 24.6 Å². The molecule has 1 aliphatic heterocycles. The molecule has 1 saturated heterocycles. The summed E-state index contributed by atoms with van der Waals surface area (Å²) < 4.78 is 37.2. The van der Waals surface area contributed by atoms with Gasteiger partial charge in [-0.1, -0.05) is 12.1 Å². The summed E-state index contributed by atoms with van der Waals surface area (Å²) in [5.74, 6) is -2.35. The molecule has 1 amide bonds. The molecule has 2 atom stereocenters. The highest BCUT2D eigenvalue weighted by atomic mass is 19.4. The Morgan fingerprint density at radius 2 is 1.84 bits per heavy atom. The lowest BCUT2D eigenvalue weighted by Crippen LogP contribution is -2.32. The molecule has 2 unspecified atom stereocenters. The fourth-order valence-corrected chi connectivity index (χ4v) is 2.03. The van der Waals surface area contributed by atoms with Gasteiger partial charge in [-0.15, -0.1) is 0 Å². The number of halogens is 3. The first-order chi connectivity index (χ1) is 8.79. The SMILES string of the molecule is O=C(O)C1CC(c2ccc(C(F)(F)F)cc2)C(=O)N1. The van der Waals surface area contributed by atoms with Crippen molar-refractivity contribution in [3.8, 4) is 0 Å². The van der Waals surface area contributed by atoms with E-state index in [9.17, 15) is 22.8 Å². The fourth-order valence-electron chi connectivity index (χ4n) is 2.03. The van der Waals surface area contributed by atoms with Gasteiger partial charge in [0, 0.05) is 0 Å². The first-order valence-electron chi connectivity index (χ1n) is 5.49. The Bertz CT molecular complexity index is 510. The first kappa shape index (κ1) is 13.4. The summed E-state index contributed by atoms with van der Waals surface area (Å²) in [4.78, 5) is 22.3. The van der Waals surface area contributed by atoms with Crippen molar-refractivity contribution < 1.29 is 27.9 Å². The second-order valence-corrected chi connectivity index (χ2v) is 4.31. The second-order valence-electron chi connectivity index (χ2n) is 4.31. The van der Waals surface area contributed by atoms with Crippen LogP contribution in [0.1, 0.15) is 23.5 Å². The maximum Gasteiger partial charge on any atom is 0.416 e. The van der Waals surface area contributed by atoms with Crippen molar-refractivity contribution in [1.29, 1.82) is 0 Å². The Labute approximate surface area is 106 Å². The number of carbonyl (C=O) groups excluding carboxylic acids is 1. The molecule has 4 nitrogen and oxygen atoms in total. The third-order valence-corrected chi connectivity index (χ3v) is 3.04. The number of carboxylic acids is 1. The third-order valence-electron chi connectivity index (χ3n) is 3.04. The second kappa shape index (κ2) is 4.56. The predicted molar refractivity (Wildman–Crippen MR) is 58.4 cm³/mol. The van der Waals surface area contributed by atoms with Gasteiger partial charge in [-0.2, -0.15) is 13.2 Å². The molecule has 0 spiro atoms. The van der Waals surface area contributed by atoms with Crippen molar-refractivity contribution in [3.05, 3.63) is 35.4 Å². The van der Waals surface area contributed by atoms with Crippen molar-refractivity contribution >= 4 is 11.9 Å². The quantitative estimate of drug-likeness (QED) is 0.862. The van der Waals surface area contributed by atoms with Crippen LogP contribution in [0.25, 0.3) is 0 Å². The van der Waals surface area contributed by atoms with Crippen LogP contribution in [-0.2, 0) is 15.8 Å². The predicted octanol–water partition coefficient (Wildman–Crippen LogP) is 1.76. The van der Waals surface area contributed by atoms with Crippen LogP contribution in [0.4, 0.5) is 13.2 Å². The molecule has 1 heterocycles. The number of aliphatic carboxylic acids is 1. The summed E-state index contributed by atoms with van der Waals surface area (Å²) in [5.41, 5.74) is -0.418. The van der Waals surface area contributed by atoms with Gasteiger partial charge in [0.05, 0.1) is 11.5 Å². The van der Waals surface area contributed by atoms with Gasteiger partial charge in [0.25, 0.3) is 0 Å². The van der Waals surface area contributed by atoms with Crippen LogP contribution in [0, 0.1) is 0 Å².